The molecule has 0 aliphatic heterocycles. The zero-order valence-corrected chi connectivity index (χ0v) is 30.3. The van der Waals surface area contributed by atoms with Gasteiger partial charge in [-0.25, -0.2) is 15.0 Å². The summed E-state index contributed by atoms with van der Waals surface area (Å²) in [4.78, 5) is 15.6. The van der Waals surface area contributed by atoms with Gasteiger partial charge < -0.3 is 8.98 Å². The molecule has 5 heteroatoms. The van der Waals surface area contributed by atoms with Crippen molar-refractivity contribution in [1.29, 1.82) is 0 Å². The molecule has 10 rings (SSSR count). The number of allylic oxidation sites excluding steroid dienone is 5. The lowest BCUT2D eigenvalue weighted by Gasteiger charge is -2.22. The molecule has 0 saturated carbocycles. The van der Waals surface area contributed by atoms with Gasteiger partial charge >= 0.3 is 0 Å². The van der Waals surface area contributed by atoms with Crippen molar-refractivity contribution in [1.82, 2.24) is 19.5 Å². The summed E-state index contributed by atoms with van der Waals surface area (Å²) in [7, 11) is 0. The SMILES string of the molecule is C=C/C=C\C1=C(C)C(C)(C)c2cc3c(cc21)c1c(-c2nc(-c4ccccc4)nc(-c4ccccc4)n2)cc2c4ccccc4oc2c1n3-c1ccccc1. The maximum absolute atomic E-state index is 6.86. The Morgan fingerprint density at radius 3 is 1.91 bits per heavy atom. The van der Waals surface area contributed by atoms with Crippen LogP contribution in [0.15, 0.2) is 168 Å². The van der Waals surface area contributed by atoms with Gasteiger partial charge in [-0.2, -0.15) is 0 Å². The summed E-state index contributed by atoms with van der Waals surface area (Å²) in [5.41, 5.74) is 12.4. The Kier molecular flexibility index (Phi) is 7.14. The molecular weight excluding hydrogens is 661 g/mol. The Balaban J connectivity index is 1.42. The Morgan fingerprint density at radius 2 is 1.24 bits per heavy atom. The fourth-order valence-electron chi connectivity index (χ4n) is 8.23. The maximum Gasteiger partial charge on any atom is 0.164 e. The molecule has 0 N–H and O–H groups in total. The van der Waals surface area contributed by atoms with E-state index in [9.17, 15) is 0 Å². The van der Waals surface area contributed by atoms with Crippen molar-refractivity contribution >= 4 is 49.3 Å². The summed E-state index contributed by atoms with van der Waals surface area (Å²) < 4.78 is 9.24. The monoisotopic (exact) mass is 696 g/mol. The van der Waals surface area contributed by atoms with Gasteiger partial charge in [0.2, 0.25) is 0 Å². The summed E-state index contributed by atoms with van der Waals surface area (Å²) in [5, 5.41) is 4.18. The zero-order valence-electron chi connectivity index (χ0n) is 30.3. The fraction of sp³-hybridized carbons (Fsp3) is 0.0816. The molecule has 258 valence electrons. The number of aromatic nitrogens is 4. The first-order valence-corrected chi connectivity index (χ1v) is 18.3. The van der Waals surface area contributed by atoms with Crippen LogP contribution in [0.3, 0.4) is 0 Å². The lowest BCUT2D eigenvalue weighted by molar-refractivity contribution is 0.639. The Labute approximate surface area is 313 Å². The predicted molar refractivity (Wildman–Crippen MR) is 223 cm³/mol. The Bertz CT molecular complexity index is 2960. The van der Waals surface area contributed by atoms with E-state index >= 15 is 0 Å². The van der Waals surface area contributed by atoms with E-state index in [0.29, 0.717) is 17.5 Å². The van der Waals surface area contributed by atoms with Gasteiger partial charge in [-0.05, 0) is 60.0 Å². The van der Waals surface area contributed by atoms with Crippen LogP contribution in [-0.2, 0) is 5.41 Å². The number of rotatable bonds is 6. The van der Waals surface area contributed by atoms with Crippen LogP contribution in [-0.4, -0.2) is 19.5 Å². The van der Waals surface area contributed by atoms with Crippen molar-refractivity contribution in [2.75, 3.05) is 0 Å². The number of hydrogen-bond acceptors (Lipinski definition) is 4. The third kappa shape index (κ3) is 4.75. The second-order valence-electron chi connectivity index (χ2n) is 14.5. The van der Waals surface area contributed by atoms with E-state index < -0.39 is 0 Å². The van der Waals surface area contributed by atoms with Crippen LogP contribution >= 0.6 is 0 Å². The van der Waals surface area contributed by atoms with Gasteiger partial charge in [-0.1, -0.05) is 141 Å². The molecular formula is C49H36N4O. The molecule has 6 aromatic carbocycles. The van der Waals surface area contributed by atoms with Gasteiger partial charge in [0, 0.05) is 49.3 Å². The minimum atomic E-state index is -0.177. The van der Waals surface area contributed by atoms with Gasteiger partial charge in [0.05, 0.1) is 11.0 Å². The first-order chi connectivity index (χ1) is 26.4. The van der Waals surface area contributed by atoms with E-state index in [4.69, 9.17) is 19.4 Å². The Morgan fingerprint density at radius 1 is 0.648 bits per heavy atom. The molecule has 5 nitrogen and oxygen atoms in total. The molecule has 3 heterocycles. The molecule has 9 aromatic rings. The highest BCUT2D eigenvalue weighted by molar-refractivity contribution is 6.26. The van der Waals surface area contributed by atoms with Gasteiger partial charge in [-0.3, -0.25) is 0 Å². The minimum absolute atomic E-state index is 0.177. The van der Waals surface area contributed by atoms with E-state index in [1.807, 2.05) is 60.7 Å². The van der Waals surface area contributed by atoms with Crippen LogP contribution in [0.5, 0.6) is 0 Å². The number of nitrogens with zero attached hydrogens (tertiary/aromatic N) is 4. The zero-order chi connectivity index (χ0) is 36.6. The topological polar surface area (TPSA) is 56.7 Å². The molecule has 0 saturated heterocycles. The summed E-state index contributed by atoms with van der Waals surface area (Å²) in [5.74, 6) is 1.84. The van der Waals surface area contributed by atoms with E-state index in [1.165, 1.54) is 22.3 Å². The molecule has 0 fully saturated rings. The standard InChI is InChI=1S/C49H36N4O/c1-5-6-24-34-30(2)49(3,4)40-29-41-38(27-36(34)40)43-39(48-51-46(31-18-10-7-11-19-31)50-47(52-48)32-20-12-8-13-21-32)28-37-35-25-16-17-26-42(35)54-45(37)44(43)53(41)33-22-14-9-15-23-33/h5-29H,1H2,2-4H3/b24-6-. The van der Waals surface area contributed by atoms with Crippen molar-refractivity contribution in [3.05, 3.63) is 175 Å². The van der Waals surface area contributed by atoms with Crippen molar-refractivity contribution in [3.8, 4) is 39.9 Å². The van der Waals surface area contributed by atoms with Gasteiger partial charge in [0.1, 0.15) is 5.58 Å². The number of para-hydroxylation sites is 2. The van der Waals surface area contributed by atoms with Crippen LogP contribution in [0.2, 0.25) is 0 Å². The molecule has 0 radical (unpaired) electrons. The molecule has 54 heavy (non-hydrogen) atoms. The average molecular weight is 697 g/mol. The van der Waals surface area contributed by atoms with Crippen molar-refractivity contribution < 1.29 is 4.42 Å². The van der Waals surface area contributed by atoms with Crippen LogP contribution in [0.1, 0.15) is 31.9 Å². The fourth-order valence-corrected chi connectivity index (χ4v) is 8.23. The summed E-state index contributed by atoms with van der Waals surface area (Å²) in [6.45, 7) is 10.9. The van der Waals surface area contributed by atoms with Gasteiger partial charge in [-0.15, -0.1) is 0 Å². The average Bonchev–Trinajstić information content (AvgIpc) is 3.82. The minimum Gasteiger partial charge on any atom is -0.454 e. The quantitative estimate of drug-likeness (QED) is 0.162. The molecule has 3 aromatic heterocycles. The molecule has 0 amide bonds. The van der Waals surface area contributed by atoms with Crippen molar-refractivity contribution in [2.24, 2.45) is 0 Å². The number of hydrogen-bond donors (Lipinski definition) is 0. The van der Waals surface area contributed by atoms with Crippen LogP contribution in [0.25, 0.3) is 89.2 Å². The van der Waals surface area contributed by atoms with E-state index in [-0.39, 0.29) is 5.41 Å². The third-order valence-electron chi connectivity index (χ3n) is 11.2. The van der Waals surface area contributed by atoms with Gasteiger partial charge in [0.25, 0.3) is 0 Å². The summed E-state index contributed by atoms with van der Waals surface area (Å²) in [6.07, 6.45) is 6.07. The molecule has 1 aliphatic carbocycles. The lowest BCUT2D eigenvalue weighted by Crippen LogP contribution is -2.15. The molecule has 0 spiro atoms. The van der Waals surface area contributed by atoms with Crippen molar-refractivity contribution in [2.45, 2.75) is 26.2 Å². The second kappa shape index (κ2) is 12.1. The smallest absolute Gasteiger partial charge is 0.164 e. The molecule has 0 atom stereocenters. The van der Waals surface area contributed by atoms with E-state index in [2.05, 4.69) is 123 Å². The predicted octanol–water partition coefficient (Wildman–Crippen LogP) is 12.7. The Hall–Kier alpha value is -6.85. The van der Waals surface area contributed by atoms with Crippen LogP contribution in [0, 0.1) is 0 Å². The highest BCUT2D eigenvalue weighted by atomic mass is 16.3. The molecule has 0 bridgehead atoms. The van der Waals surface area contributed by atoms with Gasteiger partial charge in [0.15, 0.2) is 23.1 Å². The largest absolute Gasteiger partial charge is 0.454 e. The molecule has 0 unspecified atom stereocenters. The lowest BCUT2D eigenvalue weighted by atomic mass is 9.81. The first-order valence-electron chi connectivity index (χ1n) is 18.3. The second-order valence-corrected chi connectivity index (χ2v) is 14.5. The number of furan rings is 1. The number of fused-ring (bicyclic) bond motifs is 8. The van der Waals surface area contributed by atoms with Crippen molar-refractivity contribution in [3.63, 3.8) is 0 Å². The summed E-state index contributed by atoms with van der Waals surface area (Å²) >= 11 is 0. The summed E-state index contributed by atoms with van der Waals surface area (Å²) in [6, 6.07) is 46.2. The van der Waals surface area contributed by atoms with E-state index in [1.54, 1.807) is 0 Å². The maximum atomic E-state index is 6.86. The highest BCUT2D eigenvalue weighted by Gasteiger charge is 2.36. The first kappa shape index (κ1) is 31.9. The molecule has 1 aliphatic rings. The van der Waals surface area contributed by atoms with Crippen LogP contribution in [0.4, 0.5) is 0 Å². The van der Waals surface area contributed by atoms with Crippen LogP contribution < -0.4 is 0 Å². The number of benzene rings is 6. The highest BCUT2D eigenvalue weighted by Crippen LogP contribution is 2.51. The third-order valence-corrected chi connectivity index (χ3v) is 11.2. The van der Waals surface area contributed by atoms with E-state index in [0.717, 1.165) is 66.1 Å². The normalized spacial score (nSPS) is 13.9.